The molecule has 0 saturated carbocycles. The third kappa shape index (κ3) is 6.04. The van der Waals surface area contributed by atoms with Crippen LogP contribution in [0.15, 0.2) is 65.6 Å². The van der Waals surface area contributed by atoms with Gasteiger partial charge in [-0.05, 0) is 72.6 Å². The van der Waals surface area contributed by atoms with Gasteiger partial charge in [0.2, 0.25) is 0 Å². The predicted molar refractivity (Wildman–Crippen MR) is 143 cm³/mol. The van der Waals surface area contributed by atoms with Gasteiger partial charge in [-0.1, -0.05) is 53.6 Å². The van der Waals surface area contributed by atoms with Crippen molar-refractivity contribution in [1.82, 2.24) is 4.90 Å². The second-order valence-corrected chi connectivity index (χ2v) is 9.64. The second-order valence-electron chi connectivity index (χ2n) is 8.24. The highest BCUT2D eigenvalue weighted by Gasteiger charge is 2.35. The summed E-state index contributed by atoms with van der Waals surface area (Å²) in [7, 11) is 1.53. The van der Waals surface area contributed by atoms with Gasteiger partial charge in [0.05, 0.1) is 23.6 Å². The maximum Gasteiger partial charge on any atom is 0.293 e. The molecule has 0 aromatic heterocycles. The molecule has 2 amide bonds. The number of thioether (sulfide) groups is 1. The van der Waals surface area contributed by atoms with Crippen molar-refractivity contribution in [3.05, 3.63) is 92.8 Å². The maximum absolute atomic E-state index is 12.9. The van der Waals surface area contributed by atoms with Crippen LogP contribution >= 0.6 is 23.4 Å². The van der Waals surface area contributed by atoms with Crippen LogP contribution in [0.3, 0.4) is 0 Å². The summed E-state index contributed by atoms with van der Waals surface area (Å²) in [6, 6.07) is 18.9. The number of hydrogen-bond acceptors (Lipinski definition) is 6. The molecule has 4 rings (SSSR count). The molecule has 3 aromatic carbocycles. The van der Waals surface area contributed by atoms with Crippen molar-refractivity contribution in [3.63, 3.8) is 0 Å². The van der Waals surface area contributed by atoms with Gasteiger partial charge >= 0.3 is 0 Å². The van der Waals surface area contributed by atoms with Gasteiger partial charge < -0.3 is 14.2 Å². The van der Waals surface area contributed by atoms with Crippen LogP contribution in [0, 0.1) is 13.8 Å². The summed E-state index contributed by atoms with van der Waals surface area (Å²) in [6.07, 6.45) is 1.63. The molecule has 1 heterocycles. The van der Waals surface area contributed by atoms with Gasteiger partial charge in [-0.2, -0.15) is 0 Å². The summed E-state index contributed by atoms with van der Waals surface area (Å²) < 4.78 is 17.1. The number of methoxy groups -OCH3 is 1. The fraction of sp³-hybridized carbons (Fsp3) is 0.214. The van der Waals surface area contributed by atoms with E-state index in [4.69, 9.17) is 25.8 Å². The first-order valence-electron chi connectivity index (χ1n) is 11.4. The minimum Gasteiger partial charge on any atom is -0.493 e. The van der Waals surface area contributed by atoms with E-state index < -0.39 is 0 Å². The third-order valence-corrected chi connectivity index (χ3v) is 6.85. The molecule has 1 aliphatic rings. The Hall–Kier alpha value is -3.42. The molecule has 3 aromatic rings. The number of hydrogen-bond donors (Lipinski definition) is 0. The van der Waals surface area contributed by atoms with E-state index in [2.05, 4.69) is 0 Å². The number of nitrogens with zero attached hydrogens (tertiary/aromatic N) is 1. The number of carbonyl (C=O) groups is 2. The van der Waals surface area contributed by atoms with Crippen molar-refractivity contribution >= 4 is 40.6 Å². The van der Waals surface area contributed by atoms with Gasteiger partial charge in [-0.25, -0.2) is 0 Å². The molecule has 8 heteroatoms. The van der Waals surface area contributed by atoms with E-state index in [-0.39, 0.29) is 24.3 Å². The van der Waals surface area contributed by atoms with Gasteiger partial charge in [-0.15, -0.1) is 0 Å². The summed E-state index contributed by atoms with van der Waals surface area (Å²) in [4.78, 5) is 26.8. The number of aryl methyl sites for hydroxylation is 2. The first-order valence-corrected chi connectivity index (χ1v) is 12.5. The first kappa shape index (κ1) is 25.7. The molecule has 36 heavy (non-hydrogen) atoms. The van der Waals surface area contributed by atoms with E-state index in [1.54, 1.807) is 18.2 Å². The lowest BCUT2D eigenvalue weighted by atomic mass is 10.1. The van der Waals surface area contributed by atoms with E-state index in [0.717, 1.165) is 28.5 Å². The van der Waals surface area contributed by atoms with Crippen LogP contribution in [0.1, 0.15) is 22.3 Å². The molecule has 1 fully saturated rings. The minimum absolute atomic E-state index is 0.158. The normalized spacial score (nSPS) is 14.4. The molecule has 0 N–H and O–H groups in total. The standard InChI is InChI=1S/C28H26ClNO5S/c1-18-8-10-22(11-9-18)34-13-12-30-27(31)25(36-28(30)32)16-20-14-23(29)26(24(15-20)33-3)35-17-21-7-5-4-6-19(21)2/h4-11,14-16H,12-13,17H2,1-3H3/b25-16-. The molecule has 0 bridgehead atoms. The van der Waals surface area contributed by atoms with Crippen LogP contribution in [0.25, 0.3) is 6.08 Å². The Balaban J connectivity index is 1.44. The highest BCUT2D eigenvalue weighted by atomic mass is 35.5. The molecule has 0 aliphatic carbocycles. The Morgan fingerprint density at radius 1 is 1.00 bits per heavy atom. The van der Waals surface area contributed by atoms with Gasteiger partial charge in [-0.3, -0.25) is 14.5 Å². The van der Waals surface area contributed by atoms with E-state index in [0.29, 0.717) is 39.3 Å². The molecule has 0 radical (unpaired) electrons. The summed E-state index contributed by atoms with van der Waals surface area (Å²) in [6.45, 7) is 4.71. The number of amides is 2. The van der Waals surface area contributed by atoms with Crippen molar-refractivity contribution in [2.45, 2.75) is 20.5 Å². The number of imide groups is 1. The van der Waals surface area contributed by atoms with Crippen LogP contribution in [0.4, 0.5) is 4.79 Å². The number of carbonyl (C=O) groups excluding carboxylic acids is 2. The summed E-state index contributed by atoms with van der Waals surface area (Å²) in [5.41, 5.74) is 3.91. The molecule has 1 saturated heterocycles. The van der Waals surface area contributed by atoms with E-state index >= 15 is 0 Å². The average Bonchev–Trinajstić information content (AvgIpc) is 3.12. The van der Waals surface area contributed by atoms with Gasteiger partial charge in [0.25, 0.3) is 11.1 Å². The molecule has 0 spiro atoms. The zero-order chi connectivity index (χ0) is 25.7. The monoisotopic (exact) mass is 523 g/mol. The number of ether oxygens (including phenoxy) is 3. The van der Waals surface area contributed by atoms with Crippen LogP contribution < -0.4 is 14.2 Å². The summed E-state index contributed by atoms with van der Waals surface area (Å²) in [5, 5.41) is 0.00918. The van der Waals surface area contributed by atoms with Crippen LogP contribution in [0.5, 0.6) is 17.2 Å². The van der Waals surface area contributed by atoms with Gasteiger partial charge in [0.15, 0.2) is 11.5 Å². The topological polar surface area (TPSA) is 65.1 Å². The lowest BCUT2D eigenvalue weighted by Crippen LogP contribution is -2.32. The smallest absolute Gasteiger partial charge is 0.293 e. The number of rotatable bonds is 9. The largest absolute Gasteiger partial charge is 0.493 e. The first-order chi connectivity index (χ1) is 17.4. The van der Waals surface area contributed by atoms with Crippen LogP contribution in [-0.4, -0.2) is 36.3 Å². The zero-order valence-corrected chi connectivity index (χ0v) is 21.8. The number of halogens is 1. The van der Waals surface area contributed by atoms with Crippen molar-refractivity contribution in [2.75, 3.05) is 20.3 Å². The predicted octanol–water partition coefficient (Wildman–Crippen LogP) is 6.66. The van der Waals surface area contributed by atoms with E-state index in [1.807, 2.05) is 62.4 Å². The Labute approximate surface area is 219 Å². The Morgan fingerprint density at radius 2 is 1.75 bits per heavy atom. The molecule has 1 aliphatic heterocycles. The van der Waals surface area contributed by atoms with Gasteiger partial charge in [0, 0.05) is 0 Å². The van der Waals surface area contributed by atoms with Gasteiger partial charge in [0.1, 0.15) is 19.0 Å². The SMILES string of the molecule is COc1cc(/C=C2\SC(=O)N(CCOc3ccc(C)cc3)C2=O)cc(Cl)c1OCc1ccccc1C. The molecule has 6 nitrogen and oxygen atoms in total. The fourth-order valence-corrected chi connectivity index (χ4v) is 4.76. The molecular weight excluding hydrogens is 498 g/mol. The Bertz CT molecular complexity index is 1310. The highest BCUT2D eigenvalue weighted by molar-refractivity contribution is 8.18. The zero-order valence-electron chi connectivity index (χ0n) is 20.2. The number of benzene rings is 3. The average molecular weight is 524 g/mol. The van der Waals surface area contributed by atoms with Crippen LogP contribution in [-0.2, 0) is 11.4 Å². The Kier molecular flexibility index (Phi) is 8.23. The van der Waals surface area contributed by atoms with E-state index in [9.17, 15) is 9.59 Å². The summed E-state index contributed by atoms with van der Waals surface area (Å²) >= 11 is 7.40. The summed E-state index contributed by atoms with van der Waals surface area (Å²) in [5.74, 6) is 1.18. The fourth-order valence-electron chi connectivity index (χ4n) is 3.62. The molecule has 0 unspecified atom stereocenters. The second kappa shape index (κ2) is 11.5. The van der Waals surface area contributed by atoms with Crippen molar-refractivity contribution in [1.29, 1.82) is 0 Å². The molecule has 186 valence electrons. The third-order valence-electron chi connectivity index (χ3n) is 5.66. The maximum atomic E-state index is 12.9. The van der Waals surface area contributed by atoms with Crippen molar-refractivity contribution in [2.24, 2.45) is 0 Å². The molecule has 0 atom stereocenters. The lowest BCUT2D eigenvalue weighted by Gasteiger charge is -2.14. The Morgan fingerprint density at radius 3 is 2.47 bits per heavy atom. The van der Waals surface area contributed by atoms with Crippen LogP contribution in [0.2, 0.25) is 5.02 Å². The lowest BCUT2D eigenvalue weighted by molar-refractivity contribution is -0.123. The van der Waals surface area contributed by atoms with Crippen molar-refractivity contribution < 1.29 is 23.8 Å². The van der Waals surface area contributed by atoms with E-state index in [1.165, 1.54) is 12.0 Å². The minimum atomic E-state index is -0.368. The van der Waals surface area contributed by atoms with Crippen molar-refractivity contribution in [3.8, 4) is 17.2 Å². The highest BCUT2D eigenvalue weighted by Crippen LogP contribution is 2.39. The molecular formula is C28H26ClNO5S. The quantitative estimate of drug-likeness (QED) is 0.292.